The van der Waals surface area contributed by atoms with Gasteiger partial charge < -0.3 is 15.0 Å². The number of methoxy groups -OCH3 is 1. The lowest BCUT2D eigenvalue weighted by Crippen LogP contribution is -2.52. The number of anilines is 1. The van der Waals surface area contributed by atoms with E-state index in [4.69, 9.17) is 27.9 Å². The van der Waals surface area contributed by atoms with Crippen molar-refractivity contribution >= 4 is 50.7 Å². The van der Waals surface area contributed by atoms with E-state index in [1.165, 1.54) is 30.2 Å². The highest BCUT2D eigenvalue weighted by molar-refractivity contribution is 7.92. The number of nitrogens with zero attached hydrogens (tertiary/aromatic N) is 2. The molecule has 0 aliphatic rings. The number of benzene rings is 2. The van der Waals surface area contributed by atoms with Crippen LogP contribution in [-0.2, 0) is 26.2 Å². The highest BCUT2D eigenvalue weighted by Crippen LogP contribution is 2.30. The summed E-state index contributed by atoms with van der Waals surface area (Å²) in [5, 5.41) is 3.61. The lowest BCUT2D eigenvalue weighted by Gasteiger charge is -2.32. The third-order valence-corrected chi connectivity index (χ3v) is 7.22. The molecular formula is C24H31Cl2N3O5S. The fourth-order valence-electron chi connectivity index (χ4n) is 3.26. The molecule has 2 aromatic carbocycles. The van der Waals surface area contributed by atoms with Crippen LogP contribution >= 0.6 is 23.2 Å². The predicted molar refractivity (Wildman–Crippen MR) is 140 cm³/mol. The van der Waals surface area contributed by atoms with Crippen molar-refractivity contribution in [2.45, 2.75) is 45.8 Å². The quantitative estimate of drug-likeness (QED) is 0.460. The van der Waals surface area contributed by atoms with Gasteiger partial charge in [-0.1, -0.05) is 42.3 Å². The van der Waals surface area contributed by atoms with E-state index in [0.29, 0.717) is 10.8 Å². The number of carbonyl (C=O) groups is 2. The minimum atomic E-state index is -3.86. The molecule has 0 saturated heterocycles. The second kappa shape index (κ2) is 12.5. The first-order valence-corrected chi connectivity index (χ1v) is 13.6. The van der Waals surface area contributed by atoms with E-state index in [1.54, 1.807) is 31.2 Å². The largest absolute Gasteiger partial charge is 0.495 e. The van der Waals surface area contributed by atoms with Crippen molar-refractivity contribution in [1.82, 2.24) is 10.2 Å². The van der Waals surface area contributed by atoms with Crippen LogP contribution in [0.5, 0.6) is 5.75 Å². The predicted octanol–water partition coefficient (Wildman–Crippen LogP) is 4.10. The normalized spacial score (nSPS) is 13.0. The summed E-state index contributed by atoms with van der Waals surface area (Å²) < 4.78 is 31.3. The average molecular weight is 545 g/mol. The lowest BCUT2D eigenvalue weighted by molar-refractivity contribution is -0.139. The van der Waals surface area contributed by atoms with Crippen LogP contribution in [0, 0.1) is 0 Å². The second-order valence-corrected chi connectivity index (χ2v) is 11.0. The Kier molecular flexibility index (Phi) is 10.2. The Balaban J connectivity index is 2.40. The van der Waals surface area contributed by atoms with Crippen LogP contribution in [0.3, 0.4) is 0 Å². The van der Waals surface area contributed by atoms with Gasteiger partial charge in [0.2, 0.25) is 21.8 Å². The molecule has 192 valence electrons. The molecule has 0 saturated carbocycles. The maximum atomic E-state index is 13.5. The monoisotopic (exact) mass is 543 g/mol. The van der Waals surface area contributed by atoms with Crippen molar-refractivity contribution in [3.05, 3.63) is 58.1 Å². The Hall–Kier alpha value is -2.49. The molecule has 0 spiro atoms. The van der Waals surface area contributed by atoms with Crippen molar-refractivity contribution in [2.24, 2.45) is 0 Å². The van der Waals surface area contributed by atoms with E-state index in [-0.39, 0.29) is 29.2 Å². The van der Waals surface area contributed by atoms with Gasteiger partial charge in [0, 0.05) is 17.6 Å². The fraction of sp³-hybridized carbons (Fsp3) is 0.417. The summed E-state index contributed by atoms with van der Waals surface area (Å²) >= 11 is 12.2. The van der Waals surface area contributed by atoms with Crippen LogP contribution in [0.2, 0.25) is 10.0 Å². The minimum absolute atomic E-state index is 0.0774. The van der Waals surface area contributed by atoms with E-state index in [9.17, 15) is 18.0 Å². The molecule has 0 aliphatic heterocycles. The number of rotatable bonds is 11. The van der Waals surface area contributed by atoms with E-state index >= 15 is 0 Å². The lowest BCUT2D eigenvalue weighted by atomic mass is 10.1. The van der Waals surface area contributed by atoms with Crippen LogP contribution < -0.4 is 14.4 Å². The molecule has 0 fully saturated rings. The van der Waals surface area contributed by atoms with Crippen LogP contribution in [0.4, 0.5) is 5.69 Å². The zero-order chi connectivity index (χ0) is 26.3. The Morgan fingerprint density at radius 1 is 1.09 bits per heavy atom. The molecule has 2 atom stereocenters. The molecule has 35 heavy (non-hydrogen) atoms. The first-order valence-electron chi connectivity index (χ1n) is 11.0. The van der Waals surface area contributed by atoms with Crippen molar-refractivity contribution in [1.29, 1.82) is 0 Å². The molecule has 8 nitrogen and oxygen atoms in total. The summed E-state index contributed by atoms with van der Waals surface area (Å²) in [6.45, 7) is 4.99. The molecule has 1 N–H and O–H groups in total. The fourth-order valence-corrected chi connectivity index (χ4v) is 4.48. The molecule has 0 aromatic heterocycles. The summed E-state index contributed by atoms with van der Waals surface area (Å²) in [7, 11) is -2.42. The molecule has 2 aromatic rings. The molecule has 0 unspecified atom stereocenters. The van der Waals surface area contributed by atoms with Gasteiger partial charge in [-0.3, -0.25) is 13.9 Å². The van der Waals surface area contributed by atoms with E-state index < -0.39 is 28.5 Å². The van der Waals surface area contributed by atoms with Gasteiger partial charge in [0.25, 0.3) is 0 Å². The standard InChI is InChI=1S/C24H31Cl2N3O5S/c1-6-16(2)27-24(31)17(3)28(14-18-7-9-19(25)10-8-18)23(30)15-29(35(5,32)33)20-11-12-22(34-4)21(26)13-20/h7-13,16-17H,6,14-15H2,1-5H3,(H,27,31)/t16-,17+/m0/s1. The summed E-state index contributed by atoms with van der Waals surface area (Å²) in [6, 6.07) is 10.4. The van der Waals surface area contributed by atoms with Gasteiger partial charge in [0.15, 0.2) is 0 Å². The third-order valence-electron chi connectivity index (χ3n) is 5.54. The topological polar surface area (TPSA) is 96.0 Å². The molecule has 11 heteroatoms. The summed E-state index contributed by atoms with van der Waals surface area (Å²) in [5.74, 6) is -0.515. The van der Waals surface area contributed by atoms with Gasteiger partial charge in [-0.2, -0.15) is 0 Å². The van der Waals surface area contributed by atoms with E-state index in [1.807, 2.05) is 13.8 Å². The Bertz CT molecular complexity index is 1140. The van der Waals surface area contributed by atoms with E-state index in [2.05, 4.69) is 5.32 Å². The van der Waals surface area contributed by atoms with E-state index in [0.717, 1.165) is 22.5 Å². The number of ether oxygens (including phenoxy) is 1. The first-order chi connectivity index (χ1) is 16.4. The first kappa shape index (κ1) is 28.7. The SMILES string of the molecule is CC[C@H](C)NC(=O)[C@@H](C)N(Cc1ccc(Cl)cc1)C(=O)CN(c1ccc(OC)c(Cl)c1)S(C)(=O)=O. The number of carbonyl (C=O) groups excluding carboxylic acids is 2. The van der Waals surface area contributed by atoms with Crippen LogP contribution in [-0.4, -0.2) is 57.1 Å². The van der Waals surface area contributed by atoms with Gasteiger partial charge in [0.1, 0.15) is 18.3 Å². The maximum Gasteiger partial charge on any atom is 0.244 e. The number of halogens is 2. The highest BCUT2D eigenvalue weighted by atomic mass is 35.5. The van der Waals surface area contributed by atoms with Gasteiger partial charge in [-0.25, -0.2) is 8.42 Å². The zero-order valence-electron chi connectivity index (χ0n) is 20.4. The molecule has 0 aliphatic carbocycles. The summed E-state index contributed by atoms with van der Waals surface area (Å²) in [4.78, 5) is 27.7. The van der Waals surface area contributed by atoms with Crippen LogP contribution in [0.25, 0.3) is 0 Å². The smallest absolute Gasteiger partial charge is 0.244 e. The van der Waals surface area contributed by atoms with Crippen molar-refractivity contribution in [3.8, 4) is 5.75 Å². The molecule has 2 amide bonds. The third kappa shape index (κ3) is 8.02. The van der Waals surface area contributed by atoms with Crippen molar-refractivity contribution in [2.75, 3.05) is 24.2 Å². The molecule has 2 rings (SSSR count). The van der Waals surface area contributed by atoms with Crippen molar-refractivity contribution in [3.63, 3.8) is 0 Å². The van der Waals surface area contributed by atoms with Crippen LogP contribution in [0.15, 0.2) is 42.5 Å². The van der Waals surface area contributed by atoms with Gasteiger partial charge in [-0.05, 0) is 56.2 Å². The number of sulfonamides is 1. The zero-order valence-corrected chi connectivity index (χ0v) is 22.7. The Morgan fingerprint density at radius 3 is 2.23 bits per heavy atom. The number of nitrogens with one attached hydrogen (secondary N) is 1. The van der Waals surface area contributed by atoms with Gasteiger partial charge >= 0.3 is 0 Å². The van der Waals surface area contributed by atoms with Gasteiger partial charge in [-0.15, -0.1) is 0 Å². The highest BCUT2D eigenvalue weighted by Gasteiger charge is 2.30. The molecule has 0 bridgehead atoms. The Morgan fingerprint density at radius 2 is 1.71 bits per heavy atom. The van der Waals surface area contributed by atoms with Crippen LogP contribution in [0.1, 0.15) is 32.8 Å². The maximum absolute atomic E-state index is 13.5. The number of hydrogen-bond donors (Lipinski definition) is 1. The Labute approximate surface area is 217 Å². The summed E-state index contributed by atoms with van der Waals surface area (Å²) in [6.07, 6.45) is 1.73. The average Bonchev–Trinajstić information content (AvgIpc) is 2.80. The second-order valence-electron chi connectivity index (χ2n) is 8.23. The molecular weight excluding hydrogens is 513 g/mol. The number of amides is 2. The number of hydrogen-bond acceptors (Lipinski definition) is 5. The molecule has 0 radical (unpaired) electrons. The minimum Gasteiger partial charge on any atom is -0.495 e. The molecule has 0 heterocycles. The van der Waals surface area contributed by atoms with Crippen molar-refractivity contribution < 1.29 is 22.7 Å². The summed E-state index contributed by atoms with van der Waals surface area (Å²) in [5.41, 5.74) is 0.944. The van der Waals surface area contributed by atoms with Gasteiger partial charge in [0.05, 0.1) is 24.1 Å².